The van der Waals surface area contributed by atoms with Crippen molar-refractivity contribution >= 4 is 39.6 Å². The number of carbonyl (C=O) groups excluding carboxylic acids is 2. The number of hydrogen-bond acceptors (Lipinski definition) is 5. The highest BCUT2D eigenvalue weighted by molar-refractivity contribution is 9.10. The summed E-state index contributed by atoms with van der Waals surface area (Å²) in [5.74, 6) is 1.77. The molecule has 2 aromatic carbocycles. The molecule has 146 valence electrons. The molecule has 6 nitrogen and oxygen atoms in total. The number of nitrogens with zero attached hydrogens (tertiary/aromatic N) is 1. The van der Waals surface area contributed by atoms with Crippen LogP contribution in [0.5, 0.6) is 5.75 Å². The summed E-state index contributed by atoms with van der Waals surface area (Å²) in [5.41, 5.74) is 1.20. The third-order valence-electron chi connectivity index (χ3n) is 3.60. The van der Waals surface area contributed by atoms with E-state index in [9.17, 15) is 14.9 Å². The second-order valence-corrected chi connectivity index (χ2v) is 6.51. The lowest BCUT2D eigenvalue weighted by atomic mass is 10.1. The first-order valence-corrected chi connectivity index (χ1v) is 9.34. The summed E-state index contributed by atoms with van der Waals surface area (Å²) in [5, 5.41) is 12.0. The Kier molecular flexibility index (Phi) is 8.02. The molecule has 0 saturated heterocycles. The summed E-state index contributed by atoms with van der Waals surface area (Å²) in [7, 11) is 0. The Morgan fingerprint density at radius 2 is 1.97 bits per heavy atom. The first kappa shape index (κ1) is 21.7. The third-order valence-corrected chi connectivity index (χ3v) is 4.09. The second kappa shape index (κ2) is 10.7. The van der Waals surface area contributed by atoms with Crippen LogP contribution in [0.3, 0.4) is 0 Å². The standard InChI is InChI=1S/C22H17BrN2O4/c1-3-11-29-20-10-7-18(23)13-16(20)12-17(14-24)21(26)25-19-8-5-15(6-9-19)22(27)28-4-2/h1,5-10,12-13H,4,11H2,2H3,(H,25,26)/b17-12+. The number of nitriles is 1. The number of anilines is 1. The van der Waals surface area contributed by atoms with Gasteiger partial charge in [0.2, 0.25) is 0 Å². The Bertz CT molecular complexity index is 1010. The van der Waals surface area contributed by atoms with E-state index >= 15 is 0 Å². The summed E-state index contributed by atoms with van der Waals surface area (Å²) in [6, 6.07) is 13.2. The van der Waals surface area contributed by atoms with Gasteiger partial charge < -0.3 is 14.8 Å². The monoisotopic (exact) mass is 452 g/mol. The van der Waals surface area contributed by atoms with Gasteiger partial charge in [0.1, 0.15) is 24.0 Å². The van der Waals surface area contributed by atoms with E-state index in [1.165, 1.54) is 18.2 Å². The van der Waals surface area contributed by atoms with Crippen LogP contribution < -0.4 is 10.1 Å². The minimum Gasteiger partial charge on any atom is -0.480 e. The average molecular weight is 453 g/mol. The van der Waals surface area contributed by atoms with Crippen LogP contribution >= 0.6 is 15.9 Å². The van der Waals surface area contributed by atoms with Crippen LogP contribution in [0.2, 0.25) is 0 Å². The van der Waals surface area contributed by atoms with Crippen LogP contribution in [0.15, 0.2) is 52.5 Å². The lowest BCUT2D eigenvalue weighted by Crippen LogP contribution is -2.14. The molecule has 7 heteroatoms. The van der Waals surface area contributed by atoms with Gasteiger partial charge in [-0.3, -0.25) is 4.79 Å². The predicted molar refractivity (Wildman–Crippen MR) is 113 cm³/mol. The Morgan fingerprint density at radius 3 is 2.59 bits per heavy atom. The molecule has 0 aromatic heterocycles. The maximum atomic E-state index is 12.5. The van der Waals surface area contributed by atoms with E-state index in [0.717, 1.165) is 4.47 Å². The van der Waals surface area contributed by atoms with Gasteiger partial charge in [0, 0.05) is 15.7 Å². The van der Waals surface area contributed by atoms with Gasteiger partial charge in [0.25, 0.3) is 5.91 Å². The Labute approximate surface area is 177 Å². The summed E-state index contributed by atoms with van der Waals surface area (Å²) in [4.78, 5) is 24.2. The SMILES string of the molecule is C#CCOc1ccc(Br)cc1/C=C(\C#N)C(=O)Nc1ccc(C(=O)OCC)cc1. The number of rotatable bonds is 7. The molecule has 1 N–H and O–H groups in total. The van der Waals surface area contributed by atoms with Crippen molar-refractivity contribution in [2.45, 2.75) is 6.92 Å². The Hall–Kier alpha value is -3.55. The van der Waals surface area contributed by atoms with Crippen LogP contribution in [0.1, 0.15) is 22.8 Å². The van der Waals surface area contributed by atoms with E-state index in [4.69, 9.17) is 15.9 Å². The zero-order valence-corrected chi connectivity index (χ0v) is 17.2. The molecular weight excluding hydrogens is 436 g/mol. The van der Waals surface area contributed by atoms with Gasteiger partial charge in [0.15, 0.2) is 0 Å². The summed E-state index contributed by atoms with van der Waals surface area (Å²) in [6.07, 6.45) is 6.63. The normalized spacial score (nSPS) is 10.4. The van der Waals surface area contributed by atoms with Crippen molar-refractivity contribution in [2.24, 2.45) is 0 Å². The van der Waals surface area contributed by atoms with Crippen LogP contribution in [-0.2, 0) is 9.53 Å². The Balaban J connectivity index is 2.21. The summed E-state index contributed by atoms with van der Waals surface area (Å²) < 4.78 is 11.1. The minimum absolute atomic E-state index is 0.0589. The summed E-state index contributed by atoms with van der Waals surface area (Å²) in [6.45, 7) is 2.05. The van der Waals surface area contributed by atoms with Crippen molar-refractivity contribution in [3.05, 3.63) is 63.6 Å². The van der Waals surface area contributed by atoms with Crippen molar-refractivity contribution in [1.82, 2.24) is 0 Å². The maximum Gasteiger partial charge on any atom is 0.338 e. The number of amides is 1. The van der Waals surface area contributed by atoms with Crippen molar-refractivity contribution in [2.75, 3.05) is 18.5 Å². The maximum absolute atomic E-state index is 12.5. The fourth-order valence-electron chi connectivity index (χ4n) is 2.29. The number of hydrogen-bond donors (Lipinski definition) is 1. The molecule has 0 aliphatic carbocycles. The highest BCUT2D eigenvalue weighted by atomic mass is 79.9. The van der Waals surface area contributed by atoms with E-state index in [-0.39, 0.29) is 18.8 Å². The van der Waals surface area contributed by atoms with Gasteiger partial charge in [-0.25, -0.2) is 4.79 Å². The smallest absolute Gasteiger partial charge is 0.338 e. The van der Waals surface area contributed by atoms with Gasteiger partial charge >= 0.3 is 5.97 Å². The number of esters is 1. The number of halogens is 1. The topological polar surface area (TPSA) is 88.4 Å². The zero-order valence-electron chi connectivity index (χ0n) is 15.6. The van der Waals surface area contributed by atoms with Crippen LogP contribution in [-0.4, -0.2) is 25.1 Å². The lowest BCUT2D eigenvalue weighted by molar-refractivity contribution is -0.112. The highest BCUT2D eigenvalue weighted by Gasteiger charge is 2.13. The number of carbonyl (C=O) groups is 2. The third kappa shape index (κ3) is 6.24. The highest BCUT2D eigenvalue weighted by Crippen LogP contribution is 2.26. The van der Waals surface area contributed by atoms with Crippen molar-refractivity contribution < 1.29 is 19.1 Å². The molecule has 0 bridgehead atoms. The molecule has 2 rings (SSSR count). The lowest BCUT2D eigenvalue weighted by Gasteiger charge is -2.09. The van der Waals surface area contributed by atoms with Crippen molar-refractivity contribution in [1.29, 1.82) is 5.26 Å². The molecule has 0 saturated carbocycles. The van der Waals surface area contributed by atoms with Gasteiger partial charge in [-0.2, -0.15) is 5.26 Å². The van der Waals surface area contributed by atoms with Crippen molar-refractivity contribution in [3.8, 4) is 24.2 Å². The largest absolute Gasteiger partial charge is 0.480 e. The van der Waals surface area contributed by atoms with E-state index in [2.05, 4.69) is 27.2 Å². The van der Waals surface area contributed by atoms with Crippen molar-refractivity contribution in [3.63, 3.8) is 0 Å². The number of terminal acetylenes is 1. The molecule has 1 amide bonds. The zero-order chi connectivity index (χ0) is 21.2. The number of nitrogens with one attached hydrogen (secondary N) is 1. The van der Waals surface area contributed by atoms with E-state index < -0.39 is 11.9 Å². The molecule has 0 radical (unpaired) electrons. The van der Waals surface area contributed by atoms with Crippen LogP contribution in [0.25, 0.3) is 6.08 Å². The molecule has 0 fully saturated rings. The first-order chi connectivity index (χ1) is 14.0. The second-order valence-electron chi connectivity index (χ2n) is 5.60. The predicted octanol–water partition coefficient (Wildman–Crippen LogP) is 4.18. The minimum atomic E-state index is -0.598. The fourth-order valence-corrected chi connectivity index (χ4v) is 2.67. The number of ether oxygens (including phenoxy) is 2. The van der Waals surface area contributed by atoms with E-state index in [1.54, 1.807) is 37.3 Å². The van der Waals surface area contributed by atoms with E-state index in [0.29, 0.717) is 22.6 Å². The molecule has 0 aliphatic rings. The van der Waals surface area contributed by atoms with E-state index in [1.807, 2.05) is 6.07 Å². The van der Waals surface area contributed by atoms with Crippen LogP contribution in [0.4, 0.5) is 5.69 Å². The first-order valence-electron chi connectivity index (χ1n) is 8.54. The molecule has 0 unspecified atom stereocenters. The van der Waals surface area contributed by atoms with Gasteiger partial charge in [0.05, 0.1) is 12.2 Å². The molecule has 0 heterocycles. The Morgan fingerprint density at radius 1 is 1.24 bits per heavy atom. The van der Waals surface area contributed by atoms with Gasteiger partial charge in [-0.15, -0.1) is 6.42 Å². The summed E-state index contributed by atoms with van der Waals surface area (Å²) >= 11 is 3.35. The average Bonchev–Trinajstić information content (AvgIpc) is 2.72. The van der Waals surface area contributed by atoms with Gasteiger partial charge in [-0.1, -0.05) is 21.9 Å². The van der Waals surface area contributed by atoms with Gasteiger partial charge in [-0.05, 0) is 55.5 Å². The molecule has 29 heavy (non-hydrogen) atoms. The fraction of sp³-hybridized carbons (Fsp3) is 0.136. The van der Waals surface area contributed by atoms with Crippen LogP contribution in [0, 0.1) is 23.7 Å². The molecule has 2 aromatic rings. The number of benzene rings is 2. The molecule has 0 spiro atoms. The molecule has 0 atom stereocenters. The molecule has 0 aliphatic heterocycles. The molecular formula is C22H17BrN2O4. The quantitative estimate of drug-likeness (QED) is 0.294.